The van der Waals surface area contributed by atoms with Gasteiger partial charge in [0, 0.05) is 19.0 Å². The summed E-state index contributed by atoms with van der Waals surface area (Å²) in [5, 5.41) is 11.5. The van der Waals surface area contributed by atoms with Crippen molar-refractivity contribution in [2.24, 2.45) is 0 Å². The second kappa shape index (κ2) is 6.57. The van der Waals surface area contributed by atoms with E-state index >= 15 is 0 Å². The van der Waals surface area contributed by atoms with Gasteiger partial charge in [-0.25, -0.2) is 0 Å². The van der Waals surface area contributed by atoms with Crippen molar-refractivity contribution in [3.05, 3.63) is 0 Å². The summed E-state index contributed by atoms with van der Waals surface area (Å²) in [4.78, 5) is 0. The first kappa shape index (κ1) is 9.45. The maximum Gasteiger partial charge on any atom is 0.0635 e. The molecule has 0 saturated carbocycles. The molecule has 0 fully saturated rings. The molecule has 0 bridgehead atoms. The first-order valence-corrected chi connectivity index (χ1v) is 3.95. The Bertz CT molecular complexity index is 100. The Morgan fingerprint density at radius 3 is 2.40 bits per heavy atom. The Morgan fingerprint density at radius 1 is 1.40 bits per heavy atom. The van der Waals surface area contributed by atoms with Gasteiger partial charge in [-0.15, -0.1) is 0 Å². The lowest BCUT2D eigenvalue weighted by Gasteiger charge is -2.12. The van der Waals surface area contributed by atoms with Crippen LogP contribution in [0.4, 0.5) is 0 Å². The van der Waals surface area contributed by atoms with Crippen LogP contribution in [0.3, 0.4) is 0 Å². The average molecular weight is 140 g/mol. The third kappa shape index (κ3) is 4.34. The van der Waals surface area contributed by atoms with Crippen LogP contribution in [0.5, 0.6) is 0 Å². The molecule has 0 amide bonds. The summed E-state index contributed by atoms with van der Waals surface area (Å²) < 4.78 is 0. The van der Waals surface area contributed by atoms with E-state index in [4.69, 9.17) is 5.26 Å². The van der Waals surface area contributed by atoms with Crippen molar-refractivity contribution in [2.45, 2.75) is 39.2 Å². The molecule has 0 aromatic carbocycles. The Labute approximate surface area is 63.2 Å². The van der Waals surface area contributed by atoms with Crippen molar-refractivity contribution in [2.75, 3.05) is 6.54 Å². The van der Waals surface area contributed by atoms with Crippen LogP contribution >= 0.6 is 0 Å². The number of nitriles is 1. The van der Waals surface area contributed by atoms with Crippen molar-refractivity contribution in [1.82, 2.24) is 5.32 Å². The molecule has 0 aromatic heterocycles. The maximum absolute atomic E-state index is 8.23. The standard InChI is InChI=1S/C8H16N2/c1-3-8(4-2)10-7-5-6-9/h8,10H,3-5,7H2,1-2H3. The molecule has 0 aliphatic heterocycles. The second-order valence-corrected chi connectivity index (χ2v) is 2.38. The third-order valence-corrected chi connectivity index (χ3v) is 1.66. The van der Waals surface area contributed by atoms with E-state index in [1.165, 1.54) is 0 Å². The van der Waals surface area contributed by atoms with Gasteiger partial charge >= 0.3 is 0 Å². The topological polar surface area (TPSA) is 35.8 Å². The molecule has 58 valence electrons. The highest BCUT2D eigenvalue weighted by atomic mass is 14.9. The van der Waals surface area contributed by atoms with Gasteiger partial charge in [-0.3, -0.25) is 0 Å². The normalized spacial score (nSPS) is 9.80. The van der Waals surface area contributed by atoms with E-state index in [2.05, 4.69) is 25.2 Å². The van der Waals surface area contributed by atoms with Crippen LogP contribution in [0, 0.1) is 11.3 Å². The largest absolute Gasteiger partial charge is 0.313 e. The molecule has 0 heterocycles. The quantitative estimate of drug-likeness (QED) is 0.590. The summed E-state index contributed by atoms with van der Waals surface area (Å²) >= 11 is 0. The summed E-state index contributed by atoms with van der Waals surface area (Å²) in [5.74, 6) is 0. The smallest absolute Gasteiger partial charge is 0.0635 e. The molecule has 0 unspecified atom stereocenters. The molecular weight excluding hydrogens is 124 g/mol. The van der Waals surface area contributed by atoms with Crippen LogP contribution in [-0.2, 0) is 0 Å². The summed E-state index contributed by atoms with van der Waals surface area (Å²) in [6.45, 7) is 5.16. The van der Waals surface area contributed by atoms with Gasteiger partial charge in [0.1, 0.15) is 0 Å². The van der Waals surface area contributed by atoms with Crippen molar-refractivity contribution < 1.29 is 0 Å². The maximum atomic E-state index is 8.23. The molecule has 1 N–H and O–H groups in total. The van der Waals surface area contributed by atoms with Crippen molar-refractivity contribution in [1.29, 1.82) is 5.26 Å². The zero-order chi connectivity index (χ0) is 7.82. The zero-order valence-corrected chi connectivity index (χ0v) is 6.85. The Balaban J connectivity index is 3.19. The third-order valence-electron chi connectivity index (χ3n) is 1.66. The Morgan fingerprint density at radius 2 is 2.00 bits per heavy atom. The summed E-state index contributed by atoms with van der Waals surface area (Å²) in [7, 11) is 0. The van der Waals surface area contributed by atoms with Crippen LogP contribution < -0.4 is 5.32 Å². The molecule has 0 spiro atoms. The van der Waals surface area contributed by atoms with Crippen molar-refractivity contribution >= 4 is 0 Å². The number of hydrogen-bond acceptors (Lipinski definition) is 2. The summed E-state index contributed by atoms with van der Waals surface area (Å²) in [6, 6.07) is 2.71. The van der Waals surface area contributed by atoms with Gasteiger partial charge in [0.2, 0.25) is 0 Å². The monoisotopic (exact) mass is 140 g/mol. The van der Waals surface area contributed by atoms with Crippen LogP contribution in [0.1, 0.15) is 33.1 Å². The van der Waals surface area contributed by atoms with Crippen molar-refractivity contribution in [3.8, 4) is 6.07 Å². The lowest BCUT2D eigenvalue weighted by molar-refractivity contribution is 0.491. The van der Waals surface area contributed by atoms with Gasteiger partial charge in [-0.05, 0) is 12.8 Å². The highest BCUT2D eigenvalue weighted by molar-refractivity contribution is 4.72. The highest BCUT2D eigenvalue weighted by Crippen LogP contribution is 1.94. The molecule has 0 rings (SSSR count). The van der Waals surface area contributed by atoms with Crippen LogP contribution in [0.25, 0.3) is 0 Å². The first-order chi connectivity index (χ1) is 4.85. The van der Waals surface area contributed by atoms with Gasteiger partial charge in [-0.2, -0.15) is 5.26 Å². The van der Waals surface area contributed by atoms with Crippen LogP contribution in [0.2, 0.25) is 0 Å². The minimum absolute atomic E-state index is 0.605. The Kier molecular flexibility index (Phi) is 6.21. The van der Waals surface area contributed by atoms with E-state index < -0.39 is 0 Å². The fourth-order valence-corrected chi connectivity index (χ4v) is 0.910. The lowest BCUT2D eigenvalue weighted by Crippen LogP contribution is -2.28. The van der Waals surface area contributed by atoms with Gasteiger partial charge < -0.3 is 5.32 Å². The number of hydrogen-bond donors (Lipinski definition) is 1. The predicted molar refractivity (Wildman–Crippen MR) is 42.6 cm³/mol. The molecule has 0 aromatic rings. The molecule has 0 atom stereocenters. The summed E-state index contributed by atoms with van der Waals surface area (Å²) in [5.41, 5.74) is 0. The lowest BCUT2D eigenvalue weighted by atomic mass is 10.2. The van der Waals surface area contributed by atoms with Crippen LogP contribution in [0.15, 0.2) is 0 Å². The zero-order valence-electron chi connectivity index (χ0n) is 6.85. The van der Waals surface area contributed by atoms with Gasteiger partial charge in [0.25, 0.3) is 0 Å². The molecule has 0 saturated heterocycles. The van der Waals surface area contributed by atoms with Crippen LogP contribution in [-0.4, -0.2) is 12.6 Å². The first-order valence-electron chi connectivity index (χ1n) is 3.95. The van der Waals surface area contributed by atoms with Gasteiger partial charge in [0.15, 0.2) is 0 Å². The number of rotatable bonds is 5. The van der Waals surface area contributed by atoms with Gasteiger partial charge in [-0.1, -0.05) is 13.8 Å². The van der Waals surface area contributed by atoms with E-state index in [9.17, 15) is 0 Å². The van der Waals surface area contributed by atoms with Crippen molar-refractivity contribution in [3.63, 3.8) is 0 Å². The predicted octanol–water partition coefficient (Wildman–Crippen LogP) is 1.68. The van der Waals surface area contributed by atoms with Gasteiger partial charge in [0.05, 0.1) is 6.07 Å². The average Bonchev–Trinajstić information content (AvgIpc) is 1.99. The second-order valence-electron chi connectivity index (χ2n) is 2.38. The molecule has 0 aliphatic rings. The molecule has 2 heteroatoms. The molecule has 10 heavy (non-hydrogen) atoms. The molecule has 0 radical (unpaired) electrons. The van der Waals surface area contributed by atoms with E-state index in [0.717, 1.165) is 19.4 Å². The van der Waals surface area contributed by atoms with E-state index in [1.54, 1.807) is 0 Å². The molecule has 2 nitrogen and oxygen atoms in total. The molecule has 0 aliphatic carbocycles. The number of nitrogens with zero attached hydrogens (tertiary/aromatic N) is 1. The summed E-state index contributed by atoms with van der Waals surface area (Å²) in [6.07, 6.45) is 2.93. The fourth-order valence-electron chi connectivity index (χ4n) is 0.910. The van der Waals surface area contributed by atoms with E-state index in [-0.39, 0.29) is 0 Å². The SMILES string of the molecule is CCC(CC)NCCC#N. The minimum Gasteiger partial charge on any atom is -0.313 e. The minimum atomic E-state index is 0.605. The van der Waals surface area contributed by atoms with E-state index in [1.807, 2.05) is 0 Å². The fraction of sp³-hybridized carbons (Fsp3) is 0.875. The Hall–Kier alpha value is -0.550. The number of nitrogens with one attached hydrogen (secondary N) is 1. The van der Waals surface area contributed by atoms with E-state index in [0.29, 0.717) is 12.5 Å². The molecular formula is C8H16N2. The highest BCUT2D eigenvalue weighted by Gasteiger charge is 1.99.